The first-order valence-corrected chi connectivity index (χ1v) is 6.96. The van der Waals surface area contributed by atoms with Gasteiger partial charge in [0.2, 0.25) is 0 Å². The standard InChI is InChI=1S/C16H27NO/c1-6-16(4,5)18-13(3)15(17-7-2)14-11-9-8-10-12-14/h8-13,15,17H,6-7H2,1-5H3. The lowest BCUT2D eigenvalue weighted by Gasteiger charge is -2.33. The third-order valence-electron chi connectivity index (χ3n) is 3.41. The van der Waals surface area contributed by atoms with Crippen molar-refractivity contribution in [2.45, 2.75) is 58.8 Å². The van der Waals surface area contributed by atoms with Crippen LogP contribution < -0.4 is 5.32 Å². The lowest BCUT2D eigenvalue weighted by Crippen LogP contribution is -2.37. The molecule has 1 aromatic carbocycles. The summed E-state index contributed by atoms with van der Waals surface area (Å²) in [5, 5.41) is 3.52. The Balaban J connectivity index is 2.79. The van der Waals surface area contributed by atoms with Gasteiger partial charge < -0.3 is 10.1 Å². The van der Waals surface area contributed by atoms with Crippen LogP contribution >= 0.6 is 0 Å². The Morgan fingerprint density at radius 1 is 1.17 bits per heavy atom. The zero-order valence-corrected chi connectivity index (χ0v) is 12.4. The molecule has 2 unspecified atom stereocenters. The van der Waals surface area contributed by atoms with Gasteiger partial charge in [-0.3, -0.25) is 0 Å². The van der Waals surface area contributed by atoms with Gasteiger partial charge in [0.1, 0.15) is 0 Å². The molecule has 102 valence electrons. The minimum absolute atomic E-state index is 0.0676. The van der Waals surface area contributed by atoms with E-state index in [0.29, 0.717) is 0 Å². The van der Waals surface area contributed by atoms with Crippen LogP contribution in [0, 0.1) is 0 Å². The van der Waals surface area contributed by atoms with Crippen LogP contribution in [0.2, 0.25) is 0 Å². The SMILES string of the molecule is CCNC(c1ccccc1)C(C)OC(C)(C)CC. The van der Waals surface area contributed by atoms with Gasteiger partial charge in [0.05, 0.1) is 17.7 Å². The van der Waals surface area contributed by atoms with E-state index in [9.17, 15) is 0 Å². The van der Waals surface area contributed by atoms with Gasteiger partial charge in [-0.2, -0.15) is 0 Å². The molecule has 0 aliphatic rings. The molecule has 0 bridgehead atoms. The van der Waals surface area contributed by atoms with E-state index < -0.39 is 0 Å². The van der Waals surface area contributed by atoms with Crippen LogP contribution in [0.3, 0.4) is 0 Å². The van der Waals surface area contributed by atoms with Crippen LogP contribution in [0.5, 0.6) is 0 Å². The fourth-order valence-corrected chi connectivity index (χ4v) is 2.09. The van der Waals surface area contributed by atoms with Gasteiger partial charge in [0.15, 0.2) is 0 Å². The quantitative estimate of drug-likeness (QED) is 0.790. The van der Waals surface area contributed by atoms with Gasteiger partial charge in [-0.15, -0.1) is 0 Å². The minimum Gasteiger partial charge on any atom is -0.371 e. The third kappa shape index (κ3) is 4.43. The highest BCUT2D eigenvalue weighted by atomic mass is 16.5. The van der Waals surface area contributed by atoms with Crippen molar-refractivity contribution in [1.82, 2.24) is 5.32 Å². The van der Waals surface area contributed by atoms with Crippen molar-refractivity contribution < 1.29 is 4.74 Å². The van der Waals surface area contributed by atoms with E-state index in [1.807, 2.05) is 6.07 Å². The van der Waals surface area contributed by atoms with Crippen molar-refractivity contribution in [3.05, 3.63) is 35.9 Å². The molecule has 0 aliphatic carbocycles. The molecule has 0 spiro atoms. The first-order valence-electron chi connectivity index (χ1n) is 6.96. The van der Waals surface area contributed by atoms with Gasteiger partial charge in [0, 0.05) is 0 Å². The van der Waals surface area contributed by atoms with Crippen molar-refractivity contribution in [2.24, 2.45) is 0 Å². The number of hydrogen-bond donors (Lipinski definition) is 1. The summed E-state index contributed by atoms with van der Waals surface area (Å²) >= 11 is 0. The highest BCUT2D eigenvalue weighted by Crippen LogP contribution is 2.25. The molecular weight excluding hydrogens is 222 g/mol. The Morgan fingerprint density at radius 3 is 2.28 bits per heavy atom. The zero-order chi connectivity index (χ0) is 13.6. The summed E-state index contributed by atoms with van der Waals surface area (Å²) in [7, 11) is 0. The molecule has 18 heavy (non-hydrogen) atoms. The minimum atomic E-state index is -0.0676. The highest BCUT2D eigenvalue weighted by molar-refractivity contribution is 5.20. The Bertz CT molecular complexity index is 334. The fourth-order valence-electron chi connectivity index (χ4n) is 2.09. The second-order valence-electron chi connectivity index (χ2n) is 5.38. The van der Waals surface area contributed by atoms with E-state index >= 15 is 0 Å². The summed E-state index contributed by atoms with van der Waals surface area (Å²) in [4.78, 5) is 0. The van der Waals surface area contributed by atoms with Gasteiger partial charge in [-0.1, -0.05) is 44.2 Å². The summed E-state index contributed by atoms with van der Waals surface area (Å²) in [5.41, 5.74) is 1.22. The van der Waals surface area contributed by atoms with Gasteiger partial charge >= 0.3 is 0 Å². The fraction of sp³-hybridized carbons (Fsp3) is 0.625. The average molecular weight is 249 g/mol. The summed E-state index contributed by atoms with van der Waals surface area (Å²) in [6.45, 7) is 11.7. The van der Waals surface area contributed by atoms with Crippen molar-refractivity contribution in [1.29, 1.82) is 0 Å². The van der Waals surface area contributed by atoms with Crippen molar-refractivity contribution in [3.63, 3.8) is 0 Å². The number of likely N-dealkylation sites (N-methyl/N-ethyl adjacent to an activating group) is 1. The molecule has 0 saturated carbocycles. The molecule has 1 N–H and O–H groups in total. The molecule has 1 aromatic rings. The van der Waals surface area contributed by atoms with Crippen LogP contribution in [-0.4, -0.2) is 18.2 Å². The summed E-state index contributed by atoms with van der Waals surface area (Å²) in [6.07, 6.45) is 1.17. The molecular formula is C16H27NO. The Labute approximate surface area is 112 Å². The topological polar surface area (TPSA) is 21.3 Å². The second-order valence-corrected chi connectivity index (χ2v) is 5.38. The van der Waals surface area contributed by atoms with Gasteiger partial charge in [-0.25, -0.2) is 0 Å². The molecule has 2 atom stereocenters. The van der Waals surface area contributed by atoms with E-state index in [0.717, 1.165) is 13.0 Å². The van der Waals surface area contributed by atoms with Crippen LogP contribution in [0.15, 0.2) is 30.3 Å². The van der Waals surface area contributed by atoms with E-state index in [4.69, 9.17) is 4.74 Å². The largest absolute Gasteiger partial charge is 0.371 e. The molecule has 2 heteroatoms. The first-order chi connectivity index (χ1) is 8.50. The predicted molar refractivity (Wildman–Crippen MR) is 77.8 cm³/mol. The molecule has 0 heterocycles. The number of hydrogen-bond acceptors (Lipinski definition) is 2. The molecule has 1 rings (SSSR count). The number of nitrogens with one attached hydrogen (secondary N) is 1. The molecule has 0 amide bonds. The van der Waals surface area contributed by atoms with Crippen LogP contribution in [-0.2, 0) is 4.74 Å². The van der Waals surface area contributed by atoms with Crippen molar-refractivity contribution in [2.75, 3.05) is 6.54 Å². The Hall–Kier alpha value is -0.860. The van der Waals surface area contributed by atoms with Crippen molar-refractivity contribution >= 4 is 0 Å². The molecule has 0 aliphatic heterocycles. The predicted octanol–water partition coefficient (Wildman–Crippen LogP) is 3.93. The summed E-state index contributed by atoms with van der Waals surface area (Å²) < 4.78 is 6.19. The molecule has 0 saturated heterocycles. The van der Waals surface area contributed by atoms with Gasteiger partial charge in [-0.05, 0) is 39.3 Å². The van der Waals surface area contributed by atoms with E-state index in [-0.39, 0.29) is 17.7 Å². The van der Waals surface area contributed by atoms with Crippen molar-refractivity contribution in [3.8, 4) is 0 Å². The maximum absolute atomic E-state index is 6.19. The molecule has 0 aromatic heterocycles. The average Bonchev–Trinajstić information content (AvgIpc) is 2.36. The third-order valence-corrected chi connectivity index (χ3v) is 3.41. The second kappa shape index (κ2) is 6.91. The van der Waals surface area contributed by atoms with Crippen LogP contribution in [0.25, 0.3) is 0 Å². The highest BCUT2D eigenvalue weighted by Gasteiger charge is 2.25. The molecule has 0 radical (unpaired) electrons. The normalized spacial score (nSPS) is 15.4. The maximum Gasteiger partial charge on any atom is 0.0748 e. The number of benzene rings is 1. The Kier molecular flexibility index (Phi) is 5.83. The van der Waals surface area contributed by atoms with Crippen LogP contribution in [0.1, 0.15) is 52.6 Å². The van der Waals surface area contributed by atoms with E-state index in [1.165, 1.54) is 5.56 Å². The molecule has 0 fully saturated rings. The number of rotatable bonds is 7. The molecule has 2 nitrogen and oxygen atoms in total. The smallest absolute Gasteiger partial charge is 0.0748 e. The maximum atomic E-state index is 6.19. The van der Waals surface area contributed by atoms with E-state index in [2.05, 4.69) is 64.2 Å². The summed E-state index contributed by atoms with van der Waals surface area (Å²) in [5.74, 6) is 0. The summed E-state index contributed by atoms with van der Waals surface area (Å²) in [6, 6.07) is 10.8. The zero-order valence-electron chi connectivity index (χ0n) is 12.4. The lowest BCUT2D eigenvalue weighted by molar-refractivity contribution is -0.0798. The van der Waals surface area contributed by atoms with E-state index in [1.54, 1.807) is 0 Å². The lowest BCUT2D eigenvalue weighted by atomic mass is 10.0. The monoisotopic (exact) mass is 249 g/mol. The number of ether oxygens (including phenoxy) is 1. The van der Waals surface area contributed by atoms with Crippen LogP contribution in [0.4, 0.5) is 0 Å². The van der Waals surface area contributed by atoms with Gasteiger partial charge in [0.25, 0.3) is 0 Å². The Morgan fingerprint density at radius 2 is 1.78 bits per heavy atom. The first kappa shape index (κ1) is 15.2.